The van der Waals surface area contributed by atoms with Gasteiger partial charge in [0.1, 0.15) is 0 Å². The van der Waals surface area contributed by atoms with E-state index in [1.807, 2.05) is 18.5 Å². The fraction of sp³-hybridized carbons (Fsp3) is 0.750. The van der Waals surface area contributed by atoms with Crippen LogP contribution in [0.5, 0.6) is 0 Å². The fourth-order valence-corrected chi connectivity index (χ4v) is 5.53. The van der Waals surface area contributed by atoms with Crippen molar-refractivity contribution in [3.8, 4) is 0 Å². The maximum atomic E-state index is 12.8. The zero-order chi connectivity index (χ0) is 20.8. The highest BCUT2D eigenvalue weighted by atomic mass is 16.3. The molecule has 4 rings (SSSR count). The fourth-order valence-electron chi connectivity index (χ4n) is 5.53. The second-order valence-electron chi connectivity index (χ2n) is 9.71. The summed E-state index contributed by atoms with van der Waals surface area (Å²) in [6, 6.07) is 4.75. The quantitative estimate of drug-likeness (QED) is 0.749. The van der Waals surface area contributed by atoms with Crippen LogP contribution < -0.4 is 5.32 Å². The summed E-state index contributed by atoms with van der Waals surface area (Å²) in [5, 5.41) is 13.8. The van der Waals surface area contributed by atoms with Crippen LogP contribution in [-0.2, 0) is 11.3 Å². The molecule has 1 saturated carbocycles. The SMILES string of the molecule is O=C(NCC1(O)CCCCC1)[C@@H]1CCCN(C2CCN(Cc3cccnc3)CC2)C1. The molecule has 3 heterocycles. The highest BCUT2D eigenvalue weighted by Crippen LogP contribution is 2.28. The minimum absolute atomic E-state index is 0.0689. The van der Waals surface area contributed by atoms with Crippen molar-refractivity contribution in [2.75, 3.05) is 32.7 Å². The number of amides is 1. The number of piperidine rings is 2. The summed E-state index contributed by atoms with van der Waals surface area (Å²) in [7, 11) is 0. The van der Waals surface area contributed by atoms with Crippen LogP contribution in [0.3, 0.4) is 0 Å². The van der Waals surface area contributed by atoms with Gasteiger partial charge in [-0.05, 0) is 69.8 Å². The van der Waals surface area contributed by atoms with E-state index in [4.69, 9.17) is 0 Å². The second-order valence-corrected chi connectivity index (χ2v) is 9.71. The lowest BCUT2D eigenvalue weighted by Crippen LogP contribution is -2.52. The predicted octanol–water partition coefficient (Wildman–Crippen LogP) is 2.57. The van der Waals surface area contributed by atoms with Gasteiger partial charge in [0.25, 0.3) is 0 Å². The largest absolute Gasteiger partial charge is 0.388 e. The lowest BCUT2D eigenvalue weighted by Gasteiger charge is -2.42. The molecule has 2 aliphatic heterocycles. The Hall–Kier alpha value is -1.50. The van der Waals surface area contributed by atoms with Gasteiger partial charge >= 0.3 is 0 Å². The zero-order valence-electron chi connectivity index (χ0n) is 18.3. The Morgan fingerprint density at radius 2 is 1.93 bits per heavy atom. The van der Waals surface area contributed by atoms with Crippen molar-refractivity contribution in [2.24, 2.45) is 5.92 Å². The molecule has 2 N–H and O–H groups in total. The number of hydrogen-bond acceptors (Lipinski definition) is 5. The van der Waals surface area contributed by atoms with Crippen molar-refractivity contribution >= 4 is 5.91 Å². The first kappa shape index (κ1) is 21.7. The molecule has 3 aliphatic rings. The number of nitrogens with one attached hydrogen (secondary N) is 1. The lowest BCUT2D eigenvalue weighted by atomic mass is 9.84. The molecule has 30 heavy (non-hydrogen) atoms. The molecule has 6 nitrogen and oxygen atoms in total. The van der Waals surface area contributed by atoms with E-state index in [0.29, 0.717) is 12.6 Å². The normalized spacial score (nSPS) is 26.4. The lowest BCUT2D eigenvalue weighted by molar-refractivity contribution is -0.128. The molecule has 2 saturated heterocycles. The van der Waals surface area contributed by atoms with Crippen LogP contribution in [0.2, 0.25) is 0 Å². The number of likely N-dealkylation sites (tertiary alicyclic amines) is 2. The average molecular weight is 415 g/mol. The summed E-state index contributed by atoms with van der Waals surface area (Å²) in [4.78, 5) is 22.1. The zero-order valence-corrected chi connectivity index (χ0v) is 18.3. The number of aromatic nitrogens is 1. The van der Waals surface area contributed by atoms with Gasteiger partial charge in [0.15, 0.2) is 0 Å². The van der Waals surface area contributed by atoms with Gasteiger partial charge in [-0.3, -0.25) is 19.6 Å². The van der Waals surface area contributed by atoms with E-state index in [-0.39, 0.29) is 11.8 Å². The number of pyridine rings is 1. The number of hydrogen-bond donors (Lipinski definition) is 2. The maximum absolute atomic E-state index is 12.8. The molecular weight excluding hydrogens is 376 g/mol. The first-order valence-corrected chi connectivity index (χ1v) is 12.0. The molecule has 1 aliphatic carbocycles. The van der Waals surface area contributed by atoms with Crippen molar-refractivity contribution in [3.63, 3.8) is 0 Å². The van der Waals surface area contributed by atoms with Gasteiger partial charge in [-0.25, -0.2) is 0 Å². The highest BCUT2D eigenvalue weighted by molar-refractivity contribution is 5.79. The van der Waals surface area contributed by atoms with Crippen LogP contribution in [0.1, 0.15) is 63.4 Å². The number of carbonyl (C=O) groups is 1. The molecule has 166 valence electrons. The molecule has 0 bridgehead atoms. The molecule has 1 atom stereocenters. The van der Waals surface area contributed by atoms with Crippen molar-refractivity contribution < 1.29 is 9.90 Å². The van der Waals surface area contributed by atoms with Gasteiger partial charge in [-0.15, -0.1) is 0 Å². The van der Waals surface area contributed by atoms with Crippen molar-refractivity contribution in [1.82, 2.24) is 20.1 Å². The monoisotopic (exact) mass is 414 g/mol. The molecule has 0 aromatic carbocycles. The van der Waals surface area contributed by atoms with Crippen LogP contribution in [0, 0.1) is 5.92 Å². The Bertz CT molecular complexity index is 669. The summed E-state index contributed by atoms with van der Waals surface area (Å²) >= 11 is 0. The Kier molecular flexibility index (Phi) is 7.39. The summed E-state index contributed by atoms with van der Waals surface area (Å²) in [6.07, 6.45) is 13.2. The van der Waals surface area contributed by atoms with E-state index >= 15 is 0 Å². The summed E-state index contributed by atoms with van der Waals surface area (Å²) in [5.41, 5.74) is 0.605. The summed E-state index contributed by atoms with van der Waals surface area (Å²) < 4.78 is 0. The summed E-state index contributed by atoms with van der Waals surface area (Å²) in [6.45, 7) is 5.61. The first-order valence-electron chi connectivity index (χ1n) is 12.0. The smallest absolute Gasteiger partial charge is 0.224 e. The Morgan fingerprint density at radius 3 is 2.67 bits per heavy atom. The molecule has 6 heteroatoms. The van der Waals surface area contributed by atoms with Crippen molar-refractivity contribution in [1.29, 1.82) is 0 Å². The van der Waals surface area contributed by atoms with Gasteiger partial charge in [0.2, 0.25) is 5.91 Å². The minimum atomic E-state index is -0.677. The van der Waals surface area contributed by atoms with E-state index in [0.717, 1.165) is 71.2 Å². The predicted molar refractivity (Wildman–Crippen MR) is 118 cm³/mol. The van der Waals surface area contributed by atoms with Gasteiger partial charge in [0, 0.05) is 38.1 Å². The third kappa shape index (κ3) is 5.80. The second kappa shape index (κ2) is 10.2. The minimum Gasteiger partial charge on any atom is -0.388 e. The molecule has 0 spiro atoms. The van der Waals surface area contributed by atoms with Crippen LogP contribution in [0.4, 0.5) is 0 Å². The molecule has 1 amide bonds. The average Bonchev–Trinajstić information content (AvgIpc) is 2.79. The standard InChI is InChI=1S/C24H38N4O2/c29-23(26-19-24(30)10-2-1-3-11-24)21-7-5-13-28(18-21)22-8-14-27(15-9-22)17-20-6-4-12-25-16-20/h4,6,12,16,21-22,30H,1-3,5,7-11,13-15,17-19H2,(H,26,29)/t21-/m1/s1. The Balaban J connectivity index is 1.21. The Labute approximate surface area is 181 Å². The number of aliphatic hydroxyl groups is 1. The van der Waals surface area contributed by atoms with Crippen molar-refractivity contribution in [3.05, 3.63) is 30.1 Å². The van der Waals surface area contributed by atoms with Gasteiger partial charge in [-0.1, -0.05) is 25.3 Å². The van der Waals surface area contributed by atoms with Crippen molar-refractivity contribution in [2.45, 2.75) is 76.0 Å². The van der Waals surface area contributed by atoms with Crippen LogP contribution >= 0.6 is 0 Å². The van der Waals surface area contributed by atoms with Gasteiger partial charge < -0.3 is 10.4 Å². The van der Waals surface area contributed by atoms with E-state index < -0.39 is 5.60 Å². The molecule has 3 fully saturated rings. The highest BCUT2D eigenvalue weighted by Gasteiger charge is 2.34. The molecule has 1 aromatic heterocycles. The third-order valence-electron chi connectivity index (χ3n) is 7.40. The number of nitrogens with zero attached hydrogens (tertiary/aromatic N) is 3. The summed E-state index contributed by atoms with van der Waals surface area (Å²) in [5.74, 6) is 0.215. The maximum Gasteiger partial charge on any atom is 0.224 e. The van der Waals surface area contributed by atoms with E-state index in [9.17, 15) is 9.90 Å². The number of carbonyl (C=O) groups excluding carboxylic acids is 1. The number of rotatable bonds is 6. The molecule has 0 unspecified atom stereocenters. The molecular formula is C24H38N4O2. The molecule has 0 radical (unpaired) electrons. The van der Waals surface area contributed by atoms with Crippen LogP contribution in [0.15, 0.2) is 24.5 Å². The van der Waals surface area contributed by atoms with Crippen LogP contribution in [0.25, 0.3) is 0 Å². The van der Waals surface area contributed by atoms with E-state index in [2.05, 4.69) is 26.2 Å². The van der Waals surface area contributed by atoms with E-state index in [1.54, 1.807) is 0 Å². The Morgan fingerprint density at radius 1 is 1.13 bits per heavy atom. The third-order valence-corrected chi connectivity index (χ3v) is 7.40. The topological polar surface area (TPSA) is 68.7 Å². The molecule has 1 aromatic rings. The first-order chi connectivity index (χ1) is 14.6. The van der Waals surface area contributed by atoms with Crippen LogP contribution in [-0.4, -0.2) is 70.2 Å². The van der Waals surface area contributed by atoms with Gasteiger partial charge in [0.05, 0.1) is 11.5 Å². The van der Waals surface area contributed by atoms with Gasteiger partial charge in [-0.2, -0.15) is 0 Å². The van der Waals surface area contributed by atoms with E-state index in [1.165, 1.54) is 24.8 Å².